The van der Waals surface area contributed by atoms with Crippen LogP contribution in [0.4, 0.5) is 0 Å². The molecule has 1 aromatic carbocycles. The van der Waals surface area contributed by atoms with Gasteiger partial charge in [-0.1, -0.05) is 12.2 Å². The summed E-state index contributed by atoms with van der Waals surface area (Å²) < 4.78 is 15.7. The molecular formula is C14H20O4. The summed E-state index contributed by atoms with van der Waals surface area (Å²) in [5.74, 6) is 1.74. The summed E-state index contributed by atoms with van der Waals surface area (Å²) in [7, 11) is 4.70. The predicted molar refractivity (Wildman–Crippen MR) is 71.4 cm³/mol. The molecule has 0 bridgehead atoms. The van der Waals surface area contributed by atoms with Crippen LogP contribution in [0.15, 0.2) is 18.2 Å². The quantitative estimate of drug-likeness (QED) is 0.874. The van der Waals surface area contributed by atoms with E-state index in [1.54, 1.807) is 41.3 Å². The molecular weight excluding hydrogens is 232 g/mol. The maximum atomic E-state index is 9.66. The normalized spacial score (nSPS) is 11.7. The molecule has 0 unspecified atom stereocenters. The topological polar surface area (TPSA) is 47.9 Å². The highest BCUT2D eigenvalue weighted by Gasteiger charge is 2.13. The summed E-state index contributed by atoms with van der Waals surface area (Å²) in [6, 6.07) is 3.65. The highest BCUT2D eigenvalue weighted by molar-refractivity contribution is 5.62. The number of hydrogen-bond acceptors (Lipinski definition) is 4. The molecule has 4 heteroatoms. The van der Waals surface area contributed by atoms with E-state index in [-0.39, 0.29) is 0 Å². The molecule has 0 aliphatic heterocycles. The van der Waals surface area contributed by atoms with Gasteiger partial charge in [0.1, 0.15) is 0 Å². The van der Waals surface area contributed by atoms with E-state index in [1.165, 1.54) is 0 Å². The maximum Gasteiger partial charge on any atom is 0.203 e. The average Bonchev–Trinajstić information content (AvgIpc) is 2.33. The highest BCUT2D eigenvalue weighted by Crippen LogP contribution is 2.38. The minimum absolute atomic E-state index is 0.556. The first-order valence-corrected chi connectivity index (χ1v) is 5.63. The van der Waals surface area contributed by atoms with Gasteiger partial charge in [0.15, 0.2) is 11.5 Å². The Hall–Kier alpha value is -1.68. The van der Waals surface area contributed by atoms with Gasteiger partial charge >= 0.3 is 0 Å². The van der Waals surface area contributed by atoms with Crippen molar-refractivity contribution in [2.24, 2.45) is 0 Å². The van der Waals surface area contributed by atoms with Gasteiger partial charge in [-0.05, 0) is 31.5 Å². The summed E-state index contributed by atoms with van der Waals surface area (Å²) >= 11 is 0. The Morgan fingerprint density at radius 2 is 1.50 bits per heavy atom. The van der Waals surface area contributed by atoms with Crippen LogP contribution in [-0.2, 0) is 0 Å². The van der Waals surface area contributed by atoms with Crippen LogP contribution in [0.1, 0.15) is 19.4 Å². The standard InChI is InChI=1S/C14H20O4/c1-14(2,15)7-6-10-8-11(16-3)13(18-5)12(9-10)17-4/h6-9,15H,1-5H3. The van der Waals surface area contributed by atoms with Crippen molar-refractivity contribution in [3.05, 3.63) is 23.8 Å². The number of rotatable bonds is 5. The molecule has 0 spiro atoms. The number of ether oxygens (including phenoxy) is 3. The van der Waals surface area contributed by atoms with E-state index in [9.17, 15) is 5.11 Å². The third-order valence-corrected chi connectivity index (χ3v) is 2.37. The minimum Gasteiger partial charge on any atom is -0.493 e. The fourth-order valence-corrected chi connectivity index (χ4v) is 1.50. The van der Waals surface area contributed by atoms with Crippen molar-refractivity contribution in [3.8, 4) is 17.2 Å². The summed E-state index contributed by atoms with van der Waals surface area (Å²) in [5.41, 5.74) is 0.00653. The smallest absolute Gasteiger partial charge is 0.203 e. The number of aliphatic hydroxyl groups is 1. The number of benzene rings is 1. The van der Waals surface area contributed by atoms with Gasteiger partial charge in [-0.3, -0.25) is 0 Å². The van der Waals surface area contributed by atoms with Crippen LogP contribution in [-0.4, -0.2) is 32.0 Å². The van der Waals surface area contributed by atoms with Crippen LogP contribution in [0.3, 0.4) is 0 Å². The molecule has 100 valence electrons. The molecule has 4 nitrogen and oxygen atoms in total. The minimum atomic E-state index is -0.861. The molecule has 1 rings (SSSR count). The summed E-state index contributed by atoms with van der Waals surface area (Å²) in [5, 5.41) is 9.66. The zero-order valence-electron chi connectivity index (χ0n) is 11.5. The van der Waals surface area contributed by atoms with Crippen LogP contribution in [0.2, 0.25) is 0 Å². The second-order valence-electron chi connectivity index (χ2n) is 4.45. The lowest BCUT2D eigenvalue weighted by molar-refractivity contribution is 0.134. The largest absolute Gasteiger partial charge is 0.493 e. The molecule has 0 aromatic heterocycles. The SMILES string of the molecule is COc1cc(C=CC(C)(C)O)cc(OC)c1OC. The van der Waals surface area contributed by atoms with Crippen molar-refractivity contribution < 1.29 is 19.3 Å². The predicted octanol–water partition coefficient (Wildman–Crippen LogP) is 2.50. The van der Waals surface area contributed by atoms with Gasteiger partial charge < -0.3 is 19.3 Å². The molecule has 0 fully saturated rings. The van der Waals surface area contributed by atoms with Gasteiger partial charge in [0, 0.05) is 0 Å². The molecule has 0 saturated heterocycles. The van der Waals surface area contributed by atoms with Crippen molar-refractivity contribution in [1.29, 1.82) is 0 Å². The zero-order chi connectivity index (χ0) is 13.8. The van der Waals surface area contributed by atoms with Gasteiger partial charge in [0.05, 0.1) is 26.9 Å². The van der Waals surface area contributed by atoms with E-state index in [2.05, 4.69) is 0 Å². The molecule has 0 amide bonds. The second-order valence-corrected chi connectivity index (χ2v) is 4.45. The van der Waals surface area contributed by atoms with Crippen molar-refractivity contribution in [2.75, 3.05) is 21.3 Å². The number of hydrogen-bond donors (Lipinski definition) is 1. The molecule has 1 aromatic rings. The Kier molecular flexibility index (Phi) is 4.62. The lowest BCUT2D eigenvalue weighted by Crippen LogP contribution is -2.13. The average molecular weight is 252 g/mol. The lowest BCUT2D eigenvalue weighted by Gasteiger charge is -2.14. The van der Waals surface area contributed by atoms with Crippen molar-refractivity contribution in [2.45, 2.75) is 19.4 Å². The molecule has 0 saturated carbocycles. The van der Waals surface area contributed by atoms with E-state index in [4.69, 9.17) is 14.2 Å². The first-order chi connectivity index (χ1) is 8.41. The molecule has 0 aliphatic carbocycles. The first kappa shape index (κ1) is 14.4. The van der Waals surface area contributed by atoms with Crippen LogP contribution in [0.25, 0.3) is 6.08 Å². The van der Waals surface area contributed by atoms with E-state index in [1.807, 2.05) is 18.2 Å². The molecule has 1 N–H and O–H groups in total. The second kappa shape index (κ2) is 5.78. The molecule has 18 heavy (non-hydrogen) atoms. The van der Waals surface area contributed by atoms with E-state index < -0.39 is 5.60 Å². The van der Waals surface area contributed by atoms with Crippen molar-refractivity contribution in [1.82, 2.24) is 0 Å². The van der Waals surface area contributed by atoms with E-state index in [0.29, 0.717) is 17.2 Å². The van der Waals surface area contributed by atoms with Gasteiger partial charge in [-0.25, -0.2) is 0 Å². The Balaban J connectivity index is 3.19. The summed E-state index contributed by atoms with van der Waals surface area (Å²) in [6.45, 7) is 3.42. The summed E-state index contributed by atoms with van der Waals surface area (Å²) in [6.07, 6.45) is 3.51. The Morgan fingerprint density at radius 1 is 1.00 bits per heavy atom. The lowest BCUT2D eigenvalue weighted by atomic mass is 10.1. The fraction of sp³-hybridized carbons (Fsp3) is 0.429. The molecule has 0 radical (unpaired) electrons. The maximum absolute atomic E-state index is 9.66. The van der Waals surface area contributed by atoms with E-state index >= 15 is 0 Å². The van der Waals surface area contributed by atoms with Crippen molar-refractivity contribution in [3.63, 3.8) is 0 Å². The van der Waals surface area contributed by atoms with Crippen molar-refractivity contribution >= 4 is 6.08 Å². The van der Waals surface area contributed by atoms with E-state index in [0.717, 1.165) is 5.56 Å². The van der Waals surface area contributed by atoms with Crippen LogP contribution >= 0.6 is 0 Å². The third kappa shape index (κ3) is 3.67. The van der Waals surface area contributed by atoms with Gasteiger partial charge in [-0.2, -0.15) is 0 Å². The highest BCUT2D eigenvalue weighted by atomic mass is 16.5. The Morgan fingerprint density at radius 3 is 1.83 bits per heavy atom. The summed E-state index contributed by atoms with van der Waals surface area (Å²) in [4.78, 5) is 0. The van der Waals surface area contributed by atoms with Gasteiger partial charge in [0.25, 0.3) is 0 Å². The van der Waals surface area contributed by atoms with Crippen LogP contribution in [0, 0.1) is 0 Å². The molecule has 0 atom stereocenters. The van der Waals surface area contributed by atoms with Gasteiger partial charge in [0.2, 0.25) is 5.75 Å². The number of methoxy groups -OCH3 is 3. The van der Waals surface area contributed by atoms with Crippen LogP contribution < -0.4 is 14.2 Å². The first-order valence-electron chi connectivity index (χ1n) is 5.63. The third-order valence-electron chi connectivity index (χ3n) is 2.37. The Labute approximate surface area is 108 Å². The molecule has 0 aliphatic rings. The zero-order valence-corrected chi connectivity index (χ0v) is 11.5. The van der Waals surface area contributed by atoms with Crippen LogP contribution in [0.5, 0.6) is 17.2 Å². The molecule has 0 heterocycles. The fourth-order valence-electron chi connectivity index (χ4n) is 1.50. The monoisotopic (exact) mass is 252 g/mol. The Bertz CT molecular complexity index is 405. The van der Waals surface area contributed by atoms with Gasteiger partial charge in [-0.15, -0.1) is 0 Å².